The molecule has 14 heavy (non-hydrogen) atoms. The van der Waals surface area contributed by atoms with Gasteiger partial charge in [-0.15, -0.1) is 0 Å². The molecule has 1 saturated carbocycles. The first kappa shape index (κ1) is 12.2. The number of nitrogens with one attached hydrogen (secondary N) is 1. The number of esters is 1. The van der Waals surface area contributed by atoms with Crippen LogP contribution in [0.15, 0.2) is 0 Å². The fourth-order valence-electron chi connectivity index (χ4n) is 1.84. The van der Waals surface area contributed by atoms with Gasteiger partial charge in [0.1, 0.15) is 3.92 Å². The van der Waals surface area contributed by atoms with E-state index in [0.29, 0.717) is 0 Å². The fourth-order valence-corrected chi connectivity index (χ4v) is 2.41. The Bertz CT molecular complexity index is 181. The van der Waals surface area contributed by atoms with Crippen molar-refractivity contribution in [2.24, 2.45) is 5.92 Å². The zero-order valence-electron chi connectivity index (χ0n) is 8.59. The first-order valence-corrected chi connectivity index (χ1v) is 6.41. The van der Waals surface area contributed by atoms with Crippen molar-refractivity contribution in [2.75, 3.05) is 20.2 Å². The first-order valence-electron chi connectivity index (χ1n) is 5.16. The second-order valence-corrected chi connectivity index (χ2v) is 5.30. The van der Waals surface area contributed by atoms with Crippen LogP contribution in [-0.2, 0) is 9.53 Å². The minimum absolute atomic E-state index is 0.0565. The van der Waals surface area contributed by atoms with Gasteiger partial charge >= 0.3 is 5.97 Å². The summed E-state index contributed by atoms with van der Waals surface area (Å²) in [6.45, 7) is 1.78. The van der Waals surface area contributed by atoms with E-state index in [0.717, 1.165) is 19.0 Å². The Morgan fingerprint density at radius 2 is 2.21 bits per heavy atom. The van der Waals surface area contributed by atoms with Crippen molar-refractivity contribution in [3.8, 4) is 0 Å². The summed E-state index contributed by atoms with van der Waals surface area (Å²) in [5, 5.41) is 3.33. The summed E-state index contributed by atoms with van der Waals surface area (Å²) in [6, 6.07) is 0. The van der Waals surface area contributed by atoms with E-state index in [1.807, 2.05) is 0 Å². The first-order chi connectivity index (χ1) is 6.74. The molecule has 0 aromatic rings. The SMILES string of the molecule is COC(=O)C(I)CNCC1CCCC1. The topological polar surface area (TPSA) is 38.3 Å². The Balaban J connectivity index is 2.05. The van der Waals surface area contributed by atoms with Gasteiger partial charge in [-0.05, 0) is 25.3 Å². The van der Waals surface area contributed by atoms with Gasteiger partial charge in [0.05, 0.1) is 7.11 Å². The van der Waals surface area contributed by atoms with Gasteiger partial charge in [-0.25, -0.2) is 0 Å². The standard InChI is InChI=1S/C10H18INO2/c1-14-10(13)9(11)7-12-6-8-4-2-3-5-8/h8-9,12H,2-7H2,1H3. The molecule has 0 bridgehead atoms. The number of rotatable bonds is 5. The molecule has 0 heterocycles. The summed E-state index contributed by atoms with van der Waals surface area (Å²) in [6.07, 6.45) is 5.43. The molecule has 1 aliphatic carbocycles. The average molecular weight is 311 g/mol. The average Bonchev–Trinajstić information content (AvgIpc) is 2.69. The smallest absolute Gasteiger partial charge is 0.319 e. The molecule has 3 nitrogen and oxygen atoms in total. The van der Waals surface area contributed by atoms with Crippen LogP contribution in [0.5, 0.6) is 0 Å². The van der Waals surface area contributed by atoms with E-state index in [2.05, 4.69) is 32.6 Å². The fraction of sp³-hybridized carbons (Fsp3) is 0.900. The molecule has 0 aromatic carbocycles. The second kappa shape index (κ2) is 6.61. The van der Waals surface area contributed by atoms with Crippen molar-refractivity contribution in [1.29, 1.82) is 0 Å². The van der Waals surface area contributed by atoms with Crippen LogP contribution in [0.25, 0.3) is 0 Å². The number of carbonyl (C=O) groups excluding carboxylic acids is 1. The zero-order chi connectivity index (χ0) is 10.4. The van der Waals surface area contributed by atoms with Gasteiger partial charge in [-0.1, -0.05) is 35.4 Å². The molecule has 1 atom stereocenters. The van der Waals surface area contributed by atoms with E-state index in [1.54, 1.807) is 0 Å². The summed E-state index contributed by atoms with van der Waals surface area (Å²) in [7, 11) is 1.44. The third-order valence-electron chi connectivity index (χ3n) is 2.69. The Morgan fingerprint density at radius 3 is 2.79 bits per heavy atom. The van der Waals surface area contributed by atoms with Crippen molar-refractivity contribution >= 4 is 28.6 Å². The van der Waals surface area contributed by atoms with Crippen LogP contribution in [0.1, 0.15) is 25.7 Å². The monoisotopic (exact) mass is 311 g/mol. The minimum Gasteiger partial charge on any atom is -0.468 e. The van der Waals surface area contributed by atoms with Gasteiger partial charge in [0.15, 0.2) is 0 Å². The Labute approximate surface area is 99.1 Å². The molecule has 1 unspecified atom stereocenters. The van der Waals surface area contributed by atoms with Gasteiger partial charge in [0.2, 0.25) is 0 Å². The molecule has 0 aromatic heterocycles. The predicted octanol–water partition coefficient (Wildman–Crippen LogP) is 1.74. The number of methoxy groups -OCH3 is 1. The third-order valence-corrected chi connectivity index (χ3v) is 3.64. The molecular formula is C10H18INO2. The van der Waals surface area contributed by atoms with Crippen molar-refractivity contribution in [3.05, 3.63) is 0 Å². The molecule has 4 heteroatoms. The van der Waals surface area contributed by atoms with Crippen molar-refractivity contribution in [1.82, 2.24) is 5.32 Å². The lowest BCUT2D eigenvalue weighted by Gasteiger charge is -2.12. The maximum absolute atomic E-state index is 11.1. The van der Waals surface area contributed by atoms with Crippen LogP contribution in [0.2, 0.25) is 0 Å². The summed E-state index contributed by atoms with van der Waals surface area (Å²) in [5.74, 6) is 0.695. The summed E-state index contributed by atoms with van der Waals surface area (Å²) in [5.41, 5.74) is 0. The number of alkyl halides is 1. The molecular weight excluding hydrogens is 293 g/mol. The van der Waals surface area contributed by atoms with Crippen LogP contribution < -0.4 is 5.32 Å². The van der Waals surface area contributed by atoms with Crippen LogP contribution in [0.4, 0.5) is 0 Å². The number of hydrogen-bond acceptors (Lipinski definition) is 3. The number of halogens is 1. The van der Waals surface area contributed by atoms with Crippen molar-refractivity contribution in [2.45, 2.75) is 29.6 Å². The molecule has 0 saturated heterocycles. The molecule has 0 spiro atoms. The molecule has 82 valence electrons. The lowest BCUT2D eigenvalue weighted by molar-refractivity contribution is -0.139. The molecule has 1 aliphatic rings. The molecule has 1 N–H and O–H groups in total. The molecule has 1 fully saturated rings. The van der Waals surface area contributed by atoms with Crippen molar-refractivity contribution in [3.63, 3.8) is 0 Å². The van der Waals surface area contributed by atoms with Gasteiger partial charge in [-0.3, -0.25) is 4.79 Å². The van der Waals surface area contributed by atoms with E-state index in [9.17, 15) is 4.79 Å². The maximum Gasteiger partial charge on any atom is 0.319 e. The summed E-state index contributed by atoms with van der Waals surface area (Å²) < 4.78 is 4.59. The van der Waals surface area contributed by atoms with Gasteiger partial charge in [0.25, 0.3) is 0 Å². The largest absolute Gasteiger partial charge is 0.468 e. The summed E-state index contributed by atoms with van der Waals surface area (Å²) in [4.78, 5) is 11.1. The minimum atomic E-state index is -0.135. The van der Waals surface area contributed by atoms with E-state index in [4.69, 9.17) is 0 Å². The number of carbonyl (C=O) groups is 1. The van der Waals surface area contributed by atoms with Crippen LogP contribution in [-0.4, -0.2) is 30.1 Å². The third kappa shape index (κ3) is 4.13. The highest BCUT2D eigenvalue weighted by molar-refractivity contribution is 14.1. The summed E-state index contributed by atoms with van der Waals surface area (Å²) >= 11 is 2.12. The van der Waals surface area contributed by atoms with E-state index >= 15 is 0 Å². The quantitative estimate of drug-likeness (QED) is 0.477. The van der Waals surface area contributed by atoms with Crippen LogP contribution in [0, 0.1) is 5.92 Å². The maximum atomic E-state index is 11.1. The Hall–Kier alpha value is 0.160. The normalized spacial score (nSPS) is 19.6. The van der Waals surface area contributed by atoms with Crippen LogP contribution in [0.3, 0.4) is 0 Å². The van der Waals surface area contributed by atoms with E-state index < -0.39 is 0 Å². The predicted molar refractivity (Wildman–Crippen MR) is 64.7 cm³/mol. The second-order valence-electron chi connectivity index (χ2n) is 3.80. The van der Waals surface area contributed by atoms with E-state index in [-0.39, 0.29) is 9.89 Å². The van der Waals surface area contributed by atoms with Gasteiger partial charge < -0.3 is 10.1 Å². The Morgan fingerprint density at radius 1 is 1.57 bits per heavy atom. The number of hydrogen-bond donors (Lipinski definition) is 1. The lowest BCUT2D eigenvalue weighted by Crippen LogP contribution is -2.32. The number of ether oxygens (including phenoxy) is 1. The highest BCUT2D eigenvalue weighted by Gasteiger charge is 2.17. The molecule has 1 rings (SSSR count). The molecule has 0 aliphatic heterocycles. The van der Waals surface area contributed by atoms with Gasteiger partial charge in [-0.2, -0.15) is 0 Å². The molecule has 0 radical (unpaired) electrons. The Kier molecular flexibility index (Phi) is 5.77. The lowest BCUT2D eigenvalue weighted by atomic mass is 10.1. The highest BCUT2D eigenvalue weighted by atomic mass is 127. The van der Waals surface area contributed by atoms with Gasteiger partial charge in [0, 0.05) is 6.54 Å². The van der Waals surface area contributed by atoms with E-state index in [1.165, 1.54) is 32.8 Å². The molecule has 0 amide bonds. The van der Waals surface area contributed by atoms with Crippen LogP contribution >= 0.6 is 22.6 Å². The zero-order valence-corrected chi connectivity index (χ0v) is 10.7. The highest BCUT2D eigenvalue weighted by Crippen LogP contribution is 2.23. The van der Waals surface area contributed by atoms with Crippen molar-refractivity contribution < 1.29 is 9.53 Å².